The molecule has 1 aromatic heterocycles. The van der Waals surface area contributed by atoms with Gasteiger partial charge in [-0.2, -0.15) is 4.31 Å². The van der Waals surface area contributed by atoms with Gasteiger partial charge in [0.25, 0.3) is 0 Å². The Labute approximate surface area is 122 Å². The van der Waals surface area contributed by atoms with Crippen LogP contribution in [-0.2, 0) is 29.7 Å². The molecule has 3 rings (SSSR count). The number of benzene rings is 1. The largest absolute Gasteiger partial charge is 0.333 e. The Morgan fingerprint density at radius 2 is 2.14 bits per heavy atom. The van der Waals surface area contributed by atoms with Gasteiger partial charge in [-0.25, -0.2) is 17.8 Å². The first-order valence-electron chi connectivity index (χ1n) is 6.51. The van der Waals surface area contributed by atoms with E-state index in [1.54, 1.807) is 12.4 Å². The SMILES string of the molecule is NCc1ccc(F)c(S(=O)(=O)N2CCn3ccnc3C2)c1. The van der Waals surface area contributed by atoms with Crippen molar-refractivity contribution >= 4 is 10.0 Å². The van der Waals surface area contributed by atoms with E-state index in [1.807, 2.05) is 4.57 Å². The van der Waals surface area contributed by atoms with Gasteiger partial charge in [-0.3, -0.25) is 0 Å². The van der Waals surface area contributed by atoms with E-state index >= 15 is 0 Å². The molecule has 0 saturated heterocycles. The van der Waals surface area contributed by atoms with Gasteiger partial charge in [-0.15, -0.1) is 0 Å². The Bertz CT molecular complexity index is 772. The molecule has 1 aromatic carbocycles. The van der Waals surface area contributed by atoms with Crippen LogP contribution in [0.3, 0.4) is 0 Å². The fourth-order valence-corrected chi connectivity index (χ4v) is 3.87. The van der Waals surface area contributed by atoms with Gasteiger partial charge < -0.3 is 10.3 Å². The van der Waals surface area contributed by atoms with E-state index in [9.17, 15) is 12.8 Å². The second-order valence-electron chi connectivity index (χ2n) is 4.84. The molecule has 0 fully saturated rings. The van der Waals surface area contributed by atoms with E-state index in [0.717, 1.165) is 6.07 Å². The number of rotatable bonds is 3. The summed E-state index contributed by atoms with van der Waals surface area (Å²) in [5.41, 5.74) is 6.07. The van der Waals surface area contributed by atoms with Gasteiger partial charge in [0.15, 0.2) is 0 Å². The topological polar surface area (TPSA) is 81.2 Å². The highest BCUT2D eigenvalue weighted by atomic mass is 32.2. The summed E-state index contributed by atoms with van der Waals surface area (Å²) >= 11 is 0. The lowest BCUT2D eigenvalue weighted by atomic mass is 10.2. The minimum atomic E-state index is -3.90. The maximum atomic E-state index is 13.9. The van der Waals surface area contributed by atoms with E-state index < -0.39 is 15.8 Å². The number of hydrogen-bond donors (Lipinski definition) is 1. The third-order valence-corrected chi connectivity index (χ3v) is 5.42. The van der Waals surface area contributed by atoms with Crippen molar-refractivity contribution in [2.24, 2.45) is 5.73 Å². The third-order valence-electron chi connectivity index (χ3n) is 3.56. The van der Waals surface area contributed by atoms with Gasteiger partial charge in [0.1, 0.15) is 16.5 Å². The second kappa shape index (κ2) is 5.21. The van der Waals surface area contributed by atoms with Crippen LogP contribution in [0, 0.1) is 5.82 Å². The number of aromatic nitrogens is 2. The number of fused-ring (bicyclic) bond motifs is 1. The molecule has 6 nitrogen and oxygen atoms in total. The smallest absolute Gasteiger partial charge is 0.246 e. The first kappa shape index (κ1) is 14.2. The summed E-state index contributed by atoms with van der Waals surface area (Å²) in [5, 5.41) is 0. The average Bonchev–Trinajstić information content (AvgIpc) is 2.95. The van der Waals surface area contributed by atoms with E-state index in [2.05, 4.69) is 4.98 Å². The summed E-state index contributed by atoms with van der Waals surface area (Å²) in [5.74, 6) is -0.110. The quantitative estimate of drug-likeness (QED) is 0.904. The highest BCUT2D eigenvalue weighted by Crippen LogP contribution is 2.24. The van der Waals surface area contributed by atoms with Gasteiger partial charge in [0.2, 0.25) is 10.0 Å². The average molecular weight is 310 g/mol. The van der Waals surface area contributed by atoms with E-state index in [-0.39, 0.29) is 24.5 Å². The molecule has 0 atom stereocenters. The Kier molecular flexibility index (Phi) is 3.52. The van der Waals surface area contributed by atoms with Crippen molar-refractivity contribution < 1.29 is 12.8 Å². The lowest BCUT2D eigenvalue weighted by Crippen LogP contribution is -2.38. The second-order valence-corrected chi connectivity index (χ2v) is 6.75. The predicted molar refractivity (Wildman–Crippen MR) is 74.1 cm³/mol. The van der Waals surface area contributed by atoms with Crippen LogP contribution >= 0.6 is 0 Å². The zero-order chi connectivity index (χ0) is 15.0. The molecular weight excluding hydrogens is 295 g/mol. The van der Waals surface area contributed by atoms with Crippen LogP contribution in [0.5, 0.6) is 0 Å². The van der Waals surface area contributed by atoms with Crippen LogP contribution < -0.4 is 5.73 Å². The molecule has 21 heavy (non-hydrogen) atoms. The summed E-state index contributed by atoms with van der Waals surface area (Å²) in [7, 11) is -3.90. The summed E-state index contributed by atoms with van der Waals surface area (Å²) in [6.07, 6.45) is 3.43. The molecular formula is C13H15FN4O2S. The maximum absolute atomic E-state index is 13.9. The number of nitrogens with two attached hydrogens (primary N) is 1. The van der Waals surface area contributed by atoms with Crippen molar-refractivity contribution in [3.05, 3.63) is 47.8 Å². The number of sulfonamides is 1. The van der Waals surface area contributed by atoms with Gasteiger partial charge in [0.05, 0.1) is 6.54 Å². The van der Waals surface area contributed by atoms with Gasteiger partial charge in [-0.05, 0) is 17.7 Å². The highest BCUT2D eigenvalue weighted by molar-refractivity contribution is 7.89. The fraction of sp³-hybridized carbons (Fsp3) is 0.308. The Hall–Kier alpha value is -1.77. The monoisotopic (exact) mass is 310 g/mol. The van der Waals surface area contributed by atoms with Crippen LogP contribution in [-0.4, -0.2) is 28.8 Å². The third kappa shape index (κ3) is 2.45. The number of halogens is 1. The summed E-state index contributed by atoms with van der Waals surface area (Å²) in [4.78, 5) is 3.79. The fourth-order valence-electron chi connectivity index (χ4n) is 2.37. The van der Waals surface area contributed by atoms with Crippen LogP contribution in [0.4, 0.5) is 4.39 Å². The zero-order valence-corrected chi connectivity index (χ0v) is 12.1. The molecule has 2 N–H and O–H groups in total. The van der Waals surface area contributed by atoms with Crippen molar-refractivity contribution in [3.63, 3.8) is 0 Å². The van der Waals surface area contributed by atoms with Crippen LogP contribution in [0.2, 0.25) is 0 Å². The van der Waals surface area contributed by atoms with E-state index in [1.165, 1.54) is 16.4 Å². The Balaban J connectivity index is 1.98. The molecule has 8 heteroatoms. The highest BCUT2D eigenvalue weighted by Gasteiger charge is 2.31. The number of nitrogens with zero attached hydrogens (tertiary/aromatic N) is 3. The lowest BCUT2D eigenvalue weighted by Gasteiger charge is -2.27. The van der Waals surface area contributed by atoms with E-state index in [4.69, 9.17) is 5.73 Å². The predicted octanol–water partition coefficient (Wildman–Crippen LogP) is 0.685. The lowest BCUT2D eigenvalue weighted by molar-refractivity contribution is 0.334. The zero-order valence-electron chi connectivity index (χ0n) is 11.2. The normalized spacial score (nSPS) is 15.9. The minimum absolute atomic E-state index is 0.141. The van der Waals surface area contributed by atoms with Crippen molar-refractivity contribution in [3.8, 4) is 0 Å². The molecule has 1 aliphatic heterocycles. The van der Waals surface area contributed by atoms with Crippen LogP contribution in [0.1, 0.15) is 11.4 Å². The molecule has 0 amide bonds. The molecule has 0 unspecified atom stereocenters. The summed E-state index contributed by atoms with van der Waals surface area (Å²) in [6.45, 7) is 1.10. The Morgan fingerprint density at radius 3 is 2.90 bits per heavy atom. The molecule has 1 aliphatic rings. The molecule has 0 spiro atoms. The van der Waals surface area contributed by atoms with Crippen molar-refractivity contribution in [2.75, 3.05) is 6.54 Å². The maximum Gasteiger partial charge on any atom is 0.246 e. The van der Waals surface area contributed by atoms with Gasteiger partial charge >= 0.3 is 0 Å². The molecule has 0 aliphatic carbocycles. The van der Waals surface area contributed by atoms with Gasteiger partial charge in [0, 0.05) is 32.0 Å². The van der Waals surface area contributed by atoms with Crippen molar-refractivity contribution in [2.45, 2.75) is 24.5 Å². The molecule has 2 aromatic rings. The first-order chi connectivity index (χ1) is 10.0. The summed E-state index contributed by atoms with van der Waals surface area (Å²) in [6, 6.07) is 3.92. The van der Waals surface area contributed by atoms with Crippen molar-refractivity contribution in [1.29, 1.82) is 0 Å². The van der Waals surface area contributed by atoms with Crippen molar-refractivity contribution in [1.82, 2.24) is 13.9 Å². The molecule has 0 saturated carbocycles. The number of hydrogen-bond acceptors (Lipinski definition) is 4. The molecule has 112 valence electrons. The van der Waals surface area contributed by atoms with Crippen LogP contribution in [0.25, 0.3) is 0 Å². The standard InChI is InChI=1S/C13H15FN4O2S/c14-11-2-1-10(8-15)7-12(11)21(19,20)18-6-5-17-4-3-16-13(17)9-18/h1-4,7H,5-6,8-9,15H2. The summed E-state index contributed by atoms with van der Waals surface area (Å²) < 4.78 is 42.3. The Morgan fingerprint density at radius 1 is 1.33 bits per heavy atom. The first-order valence-corrected chi connectivity index (χ1v) is 7.95. The van der Waals surface area contributed by atoms with E-state index in [0.29, 0.717) is 17.9 Å². The molecule has 2 heterocycles. The number of imidazole rings is 1. The minimum Gasteiger partial charge on any atom is -0.333 e. The van der Waals surface area contributed by atoms with Crippen LogP contribution in [0.15, 0.2) is 35.5 Å². The molecule has 0 radical (unpaired) electrons. The molecule has 0 bridgehead atoms. The van der Waals surface area contributed by atoms with Gasteiger partial charge in [-0.1, -0.05) is 6.07 Å².